The molecule has 0 N–H and O–H groups in total. The quantitative estimate of drug-likeness (QED) is 0.737. The fraction of sp³-hybridized carbons (Fsp3) is 0.385. The summed E-state index contributed by atoms with van der Waals surface area (Å²) >= 11 is 1.19. The zero-order valence-electron chi connectivity index (χ0n) is 9.40. The van der Waals surface area contributed by atoms with Crippen LogP contribution in [0.4, 0.5) is 0 Å². The van der Waals surface area contributed by atoms with E-state index in [0.29, 0.717) is 6.42 Å². The summed E-state index contributed by atoms with van der Waals surface area (Å²) in [7, 11) is 0. The molecule has 84 valence electrons. The monoisotopic (exact) mass is 234 g/mol. The lowest BCUT2D eigenvalue weighted by molar-refractivity contribution is -0.127. The fourth-order valence-corrected chi connectivity index (χ4v) is 3.28. The van der Waals surface area contributed by atoms with E-state index < -0.39 is 10.7 Å². The minimum Gasteiger partial charge on any atom is -0.297 e. The highest BCUT2D eigenvalue weighted by Gasteiger charge is 2.48. The smallest absolute Gasteiger partial charge is 0.200 e. The van der Waals surface area contributed by atoms with Crippen molar-refractivity contribution in [3.63, 3.8) is 0 Å². The van der Waals surface area contributed by atoms with Gasteiger partial charge < -0.3 is 0 Å². The Morgan fingerprint density at radius 1 is 1.25 bits per heavy atom. The maximum atomic E-state index is 12.0. The lowest BCUT2D eigenvalue weighted by Crippen LogP contribution is -2.32. The zero-order valence-corrected chi connectivity index (χ0v) is 10.2. The molecule has 2 rings (SSSR count). The molecular formula is C13H14O2S. The van der Waals surface area contributed by atoms with Gasteiger partial charge in [-0.15, -0.1) is 0 Å². The van der Waals surface area contributed by atoms with Crippen molar-refractivity contribution in [2.75, 3.05) is 0 Å². The molecule has 0 aromatic heterocycles. The van der Waals surface area contributed by atoms with Gasteiger partial charge in [-0.1, -0.05) is 42.1 Å². The number of ketones is 1. The van der Waals surface area contributed by atoms with E-state index in [-0.39, 0.29) is 10.9 Å². The molecule has 1 fully saturated rings. The lowest BCUT2D eigenvalue weighted by atomic mass is 9.90. The van der Waals surface area contributed by atoms with Gasteiger partial charge in [0.25, 0.3) is 0 Å². The summed E-state index contributed by atoms with van der Waals surface area (Å²) in [5.74, 6) is -0.384. The van der Waals surface area contributed by atoms with Crippen LogP contribution >= 0.6 is 11.8 Å². The predicted octanol–water partition coefficient (Wildman–Crippen LogP) is 2.47. The van der Waals surface area contributed by atoms with E-state index in [1.807, 2.05) is 37.3 Å². The van der Waals surface area contributed by atoms with Crippen molar-refractivity contribution < 1.29 is 9.59 Å². The second-order valence-electron chi connectivity index (χ2n) is 4.40. The van der Waals surface area contributed by atoms with E-state index >= 15 is 0 Å². The Morgan fingerprint density at radius 2 is 1.88 bits per heavy atom. The van der Waals surface area contributed by atoms with Crippen LogP contribution in [-0.2, 0) is 16.0 Å². The van der Waals surface area contributed by atoms with Crippen LogP contribution in [0.25, 0.3) is 0 Å². The summed E-state index contributed by atoms with van der Waals surface area (Å²) in [5, 5.41) is 0.00318. The predicted molar refractivity (Wildman–Crippen MR) is 65.3 cm³/mol. The average Bonchev–Trinajstić information content (AvgIpc) is 2.44. The van der Waals surface area contributed by atoms with Crippen molar-refractivity contribution in [1.29, 1.82) is 0 Å². The third kappa shape index (κ3) is 1.92. The molecule has 1 saturated heterocycles. The normalized spacial score (nSPS) is 29.8. The van der Waals surface area contributed by atoms with Crippen LogP contribution < -0.4 is 0 Å². The molecule has 1 aliphatic heterocycles. The van der Waals surface area contributed by atoms with Gasteiger partial charge in [0, 0.05) is 0 Å². The molecule has 0 amide bonds. The van der Waals surface area contributed by atoms with Crippen LogP contribution in [0.2, 0.25) is 0 Å². The van der Waals surface area contributed by atoms with Crippen LogP contribution in [0.1, 0.15) is 19.4 Å². The third-order valence-corrected chi connectivity index (χ3v) is 4.33. The van der Waals surface area contributed by atoms with Gasteiger partial charge in [-0.25, -0.2) is 0 Å². The maximum absolute atomic E-state index is 12.0. The maximum Gasteiger partial charge on any atom is 0.200 e. The van der Waals surface area contributed by atoms with Crippen molar-refractivity contribution in [3.05, 3.63) is 35.9 Å². The number of hydrogen-bond donors (Lipinski definition) is 0. The standard InChI is InChI=1S/C13H14O2S/c1-9-11(14)13(2,16-12(9)15)8-10-6-4-3-5-7-10/h3-7,9H,8H2,1-2H3. The second-order valence-corrected chi connectivity index (χ2v) is 5.91. The summed E-state index contributed by atoms with van der Waals surface area (Å²) in [6.07, 6.45) is 0.632. The van der Waals surface area contributed by atoms with E-state index in [1.165, 1.54) is 11.8 Å². The molecule has 2 atom stereocenters. The fourth-order valence-electron chi connectivity index (χ4n) is 2.03. The molecule has 2 nitrogen and oxygen atoms in total. The summed E-state index contributed by atoms with van der Waals surface area (Å²) < 4.78 is -0.572. The number of carbonyl (C=O) groups is 2. The number of thioether (sulfide) groups is 1. The highest BCUT2D eigenvalue weighted by atomic mass is 32.2. The van der Waals surface area contributed by atoms with Crippen LogP contribution in [-0.4, -0.2) is 15.6 Å². The zero-order chi connectivity index (χ0) is 11.8. The summed E-state index contributed by atoms with van der Waals surface area (Å²) in [6, 6.07) is 9.84. The minimum atomic E-state index is -0.572. The van der Waals surface area contributed by atoms with Gasteiger partial charge in [-0.05, 0) is 25.8 Å². The molecule has 2 unspecified atom stereocenters. The first kappa shape index (κ1) is 11.4. The Kier molecular flexibility index (Phi) is 2.89. The van der Waals surface area contributed by atoms with Crippen molar-refractivity contribution >= 4 is 22.7 Å². The largest absolute Gasteiger partial charge is 0.297 e. The molecule has 0 saturated carbocycles. The SMILES string of the molecule is CC1C(=O)SC(C)(Cc2ccccc2)C1=O. The van der Waals surface area contributed by atoms with Gasteiger partial charge in [0.05, 0.1) is 10.7 Å². The Bertz CT molecular complexity index is 427. The van der Waals surface area contributed by atoms with Gasteiger partial charge >= 0.3 is 0 Å². The van der Waals surface area contributed by atoms with Crippen molar-refractivity contribution in [1.82, 2.24) is 0 Å². The molecule has 3 heteroatoms. The van der Waals surface area contributed by atoms with Crippen LogP contribution in [0.3, 0.4) is 0 Å². The summed E-state index contributed by atoms with van der Waals surface area (Å²) in [6.45, 7) is 3.57. The van der Waals surface area contributed by atoms with Gasteiger partial charge in [-0.3, -0.25) is 9.59 Å². The van der Waals surface area contributed by atoms with Crippen LogP contribution in [0.15, 0.2) is 30.3 Å². The second kappa shape index (κ2) is 4.06. The Morgan fingerprint density at radius 3 is 2.38 bits per heavy atom. The number of Topliss-reactive ketones (excluding diaryl/α,β-unsaturated/α-hetero) is 1. The van der Waals surface area contributed by atoms with Gasteiger partial charge in [0.1, 0.15) is 0 Å². The average molecular weight is 234 g/mol. The molecule has 0 aliphatic carbocycles. The number of benzene rings is 1. The molecule has 1 aromatic carbocycles. The van der Waals surface area contributed by atoms with Gasteiger partial charge in [0.2, 0.25) is 0 Å². The lowest BCUT2D eigenvalue weighted by Gasteiger charge is -2.20. The highest BCUT2D eigenvalue weighted by Crippen LogP contribution is 2.41. The van der Waals surface area contributed by atoms with Crippen molar-refractivity contribution in [2.24, 2.45) is 5.92 Å². The molecule has 1 heterocycles. The Balaban J connectivity index is 2.22. The molecule has 0 radical (unpaired) electrons. The van der Waals surface area contributed by atoms with E-state index in [9.17, 15) is 9.59 Å². The molecule has 16 heavy (non-hydrogen) atoms. The number of carbonyl (C=O) groups excluding carboxylic acids is 2. The highest BCUT2D eigenvalue weighted by molar-refractivity contribution is 8.16. The van der Waals surface area contributed by atoms with Crippen LogP contribution in [0.5, 0.6) is 0 Å². The van der Waals surface area contributed by atoms with Crippen LogP contribution in [0, 0.1) is 5.92 Å². The Labute approximate surface area is 99.4 Å². The number of hydrogen-bond acceptors (Lipinski definition) is 3. The molecule has 0 spiro atoms. The van der Waals surface area contributed by atoms with Crippen molar-refractivity contribution in [2.45, 2.75) is 25.0 Å². The molecule has 0 bridgehead atoms. The minimum absolute atomic E-state index is 0.00318. The van der Waals surface area contributed by atoms with Gasteiger partial charge in [0.15, 0.2) is 10.9 Å². The van der Waals surface area contributed by atoms with E-state index in [0.717, 1.165) is 5.56 Å². The molecular weight excluding hydrogens is 220 g/mol. The van der Waals surface area contributed by atoms with E-state index in [2.05, 4.69) is 0 Å². The van der Waals surface area contributed by atoms with E-state index in [1.54, 1.807) is 6.92 Å². The first-order valence-electron chi connectivity index (χ1n) is 5.34. The van der Waals surface area contributed by atoms with Crippen molar-refractivity contribution in [3.8, 4) is 0 Å². The molecule has 1 aliphatic rings. The molecule has 1 aromatic rings. The first-order chi connectivity index (χ1) is 7.53. The van der Waals surface area contributed by atoms with E-state index in [4.69, 9.17) is 0 Å². The summed E-state index contributed by atoms with van der Waals surface area (Å²) in [5.41, 5.74) is 1.10. The topological polar surface area (TPSA) is 34.1 Å². The first-order valence-corrected chi connectivity index (χ1v) is 6.16. The summed E-state index contributed by atoms with van der Waals surface area (Å²) in [4.78, 5) is 23.5. The van der Waals surface area contributed by atoms with Gasteiger partial charge in [-0.2, -0.15) is 0 Å². The Hall–Kier alpha value is -1.09. The third-order valence-electron chi connectivity index (χ3n) is 2.98. The number of rotatable bonds is 2.